The summed E-state index contributed by atoms with van der Waals surface area (Å²) in [6, 6.07) is 1.71. The van der Waals surface area contributed by atoms with Crippen molar-refractivity contribution in [2.75, 3.05) is 42.6 Å². The molecule has 0 amide bonds. The van der Waals surface area contributed by atoms with E-state index in [4.69, 9.17) is 5.73 Å². The van der Waals surface area contributed by atoms with Gasteiger partial charge in [-0.25, -0.2) is 22.7 Å². The highest BCUT2D eigenvalue weighted by Gasteiger charge is 2.47. The van der Waals surface area contributed by atoms with Crippen molar-refractivity contribution >= 4 is 21.7 Å². The summed E-state index contributed by atoms with van der Waals surface area (Å²) in [6.07, 6.45) is 3.11. The number of anilines is 2. The van der Waals surface area contributed by atoms with Crippen LogP contribution in [0.3, 0.4) is 0 Å². The summed E-state index contributed by atoms with van der Waals surface area (Å²) in [7, 11) is -3.24. The number of aromatic nitrogens is 2. The van der Waals surface area contributed by atoms with Gasteiger partial charge in [0.05, 0.1) is 11.4 Å². The molecule has 0 radical (unpaired) electrons. The number of nitrogen functional groups attached to an aromatic ring is 1. The van der Waals surface area contributed by atoms with Gasteiger partial charge in [-0.2, -0.15) is 0 Å². The Bertz CT molecular complexity index is 698. The van der Waals surface area contributed by atoms with E-state index >= 15 is 0 Å². The summed E-state index contributed by atoms with van der Waals surface area (Å²) in [4.78, 5) is 10.2. The van der Waals surface area contributed by atoms with Crippen LogP contribution in [-0.4, -0.2) is 65.3 Å². The van der Waals surface area contributed by atoms with Crippen molar-refractivity contribution in [1.29, 1.82) is 0 Å². The van der Waals surface area contributed by atoms with Gasteiger partial charge in [0, 0.05) is 38.2 Å². The van der Waals surface area contributed by atoms with Crippen LogP contribution in [0.2, 0.25) is 0 Å². The number of nitrogens with two attached hydrogens (primary N) is 1. The lowest BCUT2D eigenvalue weighted by Crippen LogP contribution is -2.61. The standard InChI is InChI=1S/C15H25N5O3S/c1-2-7-24(22,23)20-6-4-15(21)3-5-19(9-12(15)10-20)14-8-13(16)17-11-18-14/h8,11-12,21H,2-7,9-10H2,1H3,(H2,16,17,18)/t12-,15-/m0/s1. The fourth-order valence-corrected chi connectivity index (χ4v) is 5.20. The first kappa shape index (κ1) is 17.4. The molecular formula is C15H25N5O3S. The van der Waals surface area contributed by atoms with Crippen LogP contribution < -0.4 is 10.6 Å². The van der Waals surface area contributed by atoms with Gasteiger partial charge in [0.2, 0.25) is 10.0 Å². The van der Waals surface area contributed by atoms with E-state index in [0.29, 0.717) is 51.3 Å². The molecular weight excluding hydrogens is 330 g/mol. The Morgan fingerprint density at radius 3 is 2.79 bits per heavy atom. The minimum atomic E-state index is -3.24. The van der Waals surface area contributed by atoms with Crippen LogP contribution in [0, 0.1) is 5.92 Å². The number of fused-ring (bicyclic) bond motifs is 1. The van der Waals surface area contributed by atoms with Gasteiger partial charge in [0.1, 0.15) is 18.0 Å². The van der Waals surface area contributed by atoms with Crippen LogP contribution >= 0.6 is 0 Å². The van der Waals surface area contributed by atoms with Gasteiger partial charge in [0.25, 0.3) is 0 Å². The van der Waals surface area contributed by atoms with E-state index in [0.717, 1.165) is 5.82 Å². The number of rotatable bonds is 4. The SMILES string of the molecule is CCCS(=O)(=O)N1CC[C@@]2(O)CCN(c3cc(N)ncn3)C[C@H]2C1. The second-order valence-electron chi connectivity index (χ2n) is 6.72. The fraction of sp³-hybridized carbons (Fsp3) is 0.733. The molecule has 9 heteroatoms. The van der Waals surface area contributed by atoms with E-state index in [1.165, 1.54) is 10.6 Å². The van der Waals surface area contributed by atoms with Gasteiger partial charge >= 0.3 is 0 Å². The van der Waals surface area contributed by atoms with E-state index in [9.17, 15) is 13.5 Å². The van der Waals surface area contributed by atoms with Crippen LogP contribution in [0.4, 0.5) is 11.6 Å². The Kier molecular flexibility index (Phi) is 4.67. The molecule has 3 heterocycles. The maximum absolute atomic E-state index is 12.4. The van der Waals surface area contributed by atoms with Crippen LogP contribution in [0.5, 0.6) is 0 Å². The molecule has 3 N–H and O–H groups in total. The summed E-state index contributed by atoms with van der Waals surface area (Å²) < 4.78 is 26.2. The number of sulfonamides is 1. The Balaban J connectivity index is 1.76. The molecule has 3 rings (SSSR count). The zero-order chi connectivity index (χ0) is 17.4. The Labute approximate surface area is 142 Å². The molecule has 0 bridgehead atoms. The highest BCUT2D eigenvalue weighted by Crippen LogP contribution is 2.37. The predicted octanol–water partition coefficient (Wildman–Crippen LogP) is 0.0617. The molecule has 1 aromatic heterocycles. The summed E-state index contributed by atoms with van der Waals surface area (Å²) >= 11 is 0. The van der Waals surface area contributed by atoms with Gasteiger partial charge in [-0.3, -0.25) is 0 Å². The lowest BCUT2D eigenvalue weighted by Gasteiger charge is -2.50. The van der Waals surface area contributed by atoms with Crippen molar-refractivity contribution in [3.63, 3.8) is 0 Å². The molecule has 2 saturated heterocycles. The number of nitrogens with zero attached hydrogens (tertiary/aromatic N) is 4. The first-order valence-electron chi connectivity index (χ1n) is 8.37. The highest BCUT2D eigenvalue weighted by atomic mass is 32.2. The largest absolute Gasteiger partial charge is 0.389 e. The molecule has 0 aromatic carbocycles. The van der Waals surface area contributed by atoms with Crippen LogP contribution in [0.1, 0.15) is 26.2 Å². The van der Waals surface area contributed by atoms with Crippen molar-refractivity contribution in [2.24, 2.45) is 5.92 Å². The van der Waals surface area contributed by atoms with E-state index in [1.807, 2.05) is 11.8 Å². The number of piperidine rings is 2. The molecule has 134 valence electrons. The minimum absolute atomic E-state index is 0.136. The first-order valence-corrected chi connectivity index (χ1v) is 9.97. The van der Waals surface area contributed by atoms with Crippen molar-refractivity contribution in [2.45, 2.75) is 31.8 Å². The highest BCUT2D eigenvalue weighted by molar-refractivity contribution is 7.89. The smallest absolute Gasteiger partial charge is 0.214 e. The average molecular weight is 355 g/mol. The molecule has 2 aliphatic heterocycles. The lowest BCUT2D eigenvalue weighted by molar-refractivity contribution is -0.0689. The average Bonchev–Trinajstić information content (AvgIpc) is 2.53. The quantitative estimate of drug-likeness (QED) is 0.785. The molecule has 0 spiro atoms. The molecule has 2 atom stereocenters. The molecule has 8 nitrogen and oxygen atoms in total. The van der Waals surface area contributed by atoms with Crippen LogP contribution in [-0.2, 0) is 10.0 Å². The molecule has 24 heavy (non-hydrogen) atoms. The van der Waals surface area contributed by atoms with Crippen LogP contribution in [0.15, 0.2) is 12.4 Å². The third-order valence-corrected chi connectivity index (χ3v) is 7.13. The molecule has 2 fully saturated rings. The van der Waals surface area contributed by atoms with E-state index in [2.05, 4.69) is 9.97 Å². The number of hydrogen-bond donors (Lipinski definition) is 2. The second-order valence-corrected chi connectivity index (χ2v) is 8.81. The van der Waals surface area contributed by atoms with Crippen LogP contribution in [0.25, 0.3) is 0 Å². The van der Waals surface area contributed by atoms with Gasteiger partial charge in [-0.15, -0.1) is 0 Å². The van der Waals surface area contributed by atoms with Crippen molar-refractivity contribution in [1.82, 2.24) is 14.3 Å². The van der Waals surface area contributed by atoms with Crippen molar-refractivity contribution in [3.8, 4) is 0 Å². The third-order valence-electron chi connectivity index (χ3n) is 5.09. The Hall–Kier alpha value is -1.45. The minimum Gasteiger partial charge on any atom is -0.389 e. The molecule has 0 aliphatic carbocycles. The number of aliphatic hydroxyl groups is 1. The normalized spacial score (nSPS) is 28.6. The molecule has 1 aromatic rings. The number of hydrogen-bond acceptors (Lipinski definition) is 7. The zero-order valence-electron chi connectivity index (χ0n) is 13.9. The van der Waals surface area contributed by atoms with E-state index in [-0.39, 0.29) is 11.7 Å². The predicted molar refractivity (Wildman–Crippen MR) is 92.0 cm³/mol. The van der Waals surface area contributed by atoms with E-state index < -0.39 is 15.6 Å². The maximum atomic E-state index is 12.4. The van der Waals surface area contributed by atoms with Gasteiger partial charge in [0.15, 0.2) is 0 Å². The molecule has 0 saturated carbocycles. The summed E-state index contributed by atoms with van der Waals surface area (Å²) in [5, 5.41) is 10.9. The maximum Gasteiger partial charge on any atom is 0.214 e. The van der Waals surface area contributed by atoms with Crippen molar-refractivity contribution in [3.05, 3.63) is 12.4 Å². The summed E-state index contributed by atoms with van der Waals surface area (Å²) in [5.74, 6) is 1.14. The monoisotopic (exact) mass is 355 g/mol. The first-order chi connectivity index (χ1) is 11.3. The summed E-state index contributed by atoms with van der Waals surface area (Å²) in [6.45, 7) is 3.85. The lowest BCUT2D eigenvalue weighted by atomic mass is 9.76. The Morgan fingerprint density at radius 1 is 1.33 bits per heavy atom. The van der Waals surface area contributed by atoms with Gasteiger partial charge in [-0.05, 0) is 19.3 Å². The third kappa shape index (κ3) is 3.33. The zero-order valence-corrected chi connectivity index (χ0v) is 14.7. The molecule has 2 aliphatic rings. The fourth-order valence-electron chi connectivity index (χ4n) is 3.65. The molecule has 0 unspecified atom stereocenters. The van der Waals surface area contributed by atoms with Crippen molar-refractivity contribution < 1.29 is 13.5 Å². The summed E-state index contributed by atoms with van der Waals surface area (Å²) in [5.41, 5.74) is 4.92. The second kappa shape index (κ2) is 6.45. The van der Waals surface area contributed by atoms with E-state index in [1.54, 1.807) is 6.07 Å². The van der Waals surface area contributed by atoms with Gasteiger partial charge < -0.3 is 15.7 Å². The van der Waals surface area contributed by atoms with Gasteiger partial charge in [-0.1, -0.05) is 6.92 Å². The topological polar surface area (TPSA) is 113 Å². The Morgan fingerprint density at radius 2 is 2.08 bits per heavy atom.